The highest BCUT2D eigenvalue weighted by Crippen LogP contribution is 2.34. The molecule has 1 aromatic carbocycles. The standard InChI is InChI=1S/C25H20N2O4/c1-2-31-25(28)24-16-22-19-6-4-3-5-18(15-19)9-13-21(22)23(26-24)14-10-17-7-11-20(12-8-17)27(29)30/h3-14,16H,2,15H2,1H3/b14-10+. The summed E-state index contributed by atoms with van der Waals surface area (Å²) in [4.78, 5) is 27.4. The van der Waals surface area contributed by atoms with Crippen molar-refractivity contribution in [3.8, 4) is 0 Å². The van der Waals surface area contributed by atoms with Crippen LogP contribution in [0.15, 0.2) is 66.3 Å². The summed E-state index contributed by atoms with van der Waals surface area (Å²) in [6.45, 7) is 2.03. The zero-order valence-electron chi connectivity index (χ0n) is 16.9. The van der Waals surface area contributed by atoms with Crippen molar-refractivity contribution in [2.45, 2.75) is 13.3 Å². The Labute approximate surface area is 179 Å². The minimum atomic E-state index is -0.468. The molecule has 0 fully saturated rings. The Kier molecular flexibility index (Phi) is 5.71. The van der Waals surface area contributed by atoms with E-state index in [-0.39, 0.29) is 18.0 Å². The van der Waals surface area contributed by atoms with Crippen LogP contribution in [0.5, 0.6) is 0 Å². The summed E-state index contributed by atoms with van der Waals surface area (Å²) in [6.07, 6.45) is 16.6. The van der Waals surface area contributed by atoms with Crippen LogP contribution in [0.1, 0.15) is 46.2 Å². The lowest BCUT2D eigenvalue weighted by molar-refractivity contribution is -0.384. The van der Waals surface area contributed by atoms with E-state index < -0.39 is 10.9 Å². The van der Waals surface area contributed by atoms with Crippen molar-refractivity contribution in [2.75, 3.05) is 6.61 Å². The Hall–Kier alpha value is -4.06. The van der Waals surface area contributed by atoms with Gasteiger partial charge < -0.3 is 4.74 Å². The maximum Gasteiger partial charge on any atom is 0.356 e. The predicted octanol–water partition coefficient (Wildman–Crippen LogP) is 5.63. The maximum absolute atomic E-state index is 12.4. The molecule has 0 radical (unpaired) electrons. The predicted molar refractivity (Wildman–Crippen MR) is 121 cm³/mol. The van der Waals surface area contributed by atoms with Crippen molar-refractivity contribution in [3.05, 3.63) is 104 Å². The van der Waals surface area contributed by atoms with Crippen molar-refractivity contribution in [1.29, 1.82) is 0 Å². The molecule has 6 heteroatoms. The van der Waals surface area contributed by atoms with Gasteiger partial charge in [0.1, 0.15) is 5.69 Å². The molecule has 31 heavy (non-hydrogen) atoms. The fourth-order valence-corrected chi connectivity index (χ4v) is 3.51. The second-order valence-electron chi connectivity index (χ2n) is 7.08. The fourth-order valence-electron chi connectivity index (χ4n) is 3.51. The number of hydrogen-bond donors (Lipinski definition) is 0. The number of aromatic nitrogens is 1. The average Bonchev–Trinajstić information content (AvgIpc) is 3.12. The number of ether oxygens (including phenoxy) is 1. The fraction of sp³-hybridized carbons (Fsp3) is 0.120. The Bertz CT molecular complexity index is 1200. The van der Waals surface area contributed by atoms with Gasteiger partial charge in [-0.15, -0.1) is 0 Å². The smallest absolute Gasteiger partial charge is 0.356 e. The Morgan fingerprint density at radius 2 is 1.94 bits per heavy atom. The van der Waals surface area contributed by atoms with Crippen LogP contribution in [0.4, 0.5) is 5.69 Å². The molecule has 4 rings (SSSR count). The Morgan fingerprint density at radius 1 is 1.16 bits per heavy atom. The number of pyridine rings is 1. The molecule has 2 aromatic rings. The van der Waals surface area contributed by atoms with Crippen LogP contribution in [0, 0.1) is 10.1 Å². The Morgan fingerprint density at radius 3 is 2.68 bits per heavy atom. The zero-order valence-corrected chi connectivity index (χ0v) is 16.9. The first-order valence-corrected chi connectivity index (χ1v) is 9.94. The summed E-state index contributed by atoms with van der Waals surface area (Å²) in [5.41, 5.74) is 5.82. The van der Waals surface area contributed by atoms with Crippen LogP contribution in [0.2, 0.25) is 0 Å². The van der Waals surface area contributed by atoms with Crippen molar-refractivity contribution in [2.24, 2.45) is 0 Å². The minimum Gasteiger partial charge on any atom is -0.461 e. The SMILES string of the molecule is CCOC(=O)c1cc2c(c(/C=C/c3ccc([N+](=O)[O-])cc3)n1)C=CC1=CC=CC=C2C1. The largest absolute Gasteiger partial charge is 0.461 e. The van der Waals surface area contributed by atoms with Crippen LogP contribution in [-0.2, 0) is 4.74 Å². The van der Waals surface area contributed by atoms with Crippen LogP contribution >= 0.6 is 0 Å². The first-order chi connectivity index (χ1) is 15.0. The topological polar surface area (TPSA) is 82.3 Å². The number of carbonyl (C=O) groups excluding carboxylic acids is 1. The number of rotatable bonds is 5. The third-order valence-corrected chi connectivity index (χ3v) is 5.03. The molecule has 2 aliphatic carbocycles. The molecule has 0 unspecified atom stereocenters. The quantitative estimate of drug-likeness (QED) is 0.361. The molecule has 154 valence electrons. The maximum atomic E-state index is 12.4. The summed E-state index contributed by atoms with van der Waals surface area (Å²) >= 11 is 0. The van der Waals surface area contributed by atoms with E-state index >= 15 is 0 Å². The molecule has 0 saturated heterocycles. The number of allylic oxidation sites excluding steroid dienone is 7. The number of hydrogen-bond acceptors (Lipinski definition) is 5. The minimum absolute atomic E-state index is 0.0352. The highest BCUT2D eigenvalue weighted by Gasteiger charge is 2.20. The van der Waals surface area contributed by atoms with Gasteiger partial charge in [-0.25, -0.2) is 9.78 Å². The van der Waals surface area contributed by atoms with E-state index in [1.54, 1.807) is 25.1 Å². The number of nitro groups is 1. The van der Waals surface area contributed by atoms with E-state index in [4.69, 9.17) is 4.74 Å². The lowest BCUT2D eigenvalue weighted by atomic mass is 9.95. The Balaban J connectivity index is 1.81. The third kappa shape index (κ3) is 4.43. The van der Waals surface area contributed by atoms with Gasteiger partial charge in [-0.1, -0.05) is 42.5 Å². The van der Waals surface area contributed by atoms with Gasteiger partial charge in [0.15, 0.2) is 0 Å². The lowest BCUT2D eigenvalue weighted by Crippen LogP contribution is -2.10. The van der Waals surface area contributed by atoms with Gasteiger partial charge in [0.05, 0.1) is 17.2 Å². The molecule has 6 nitrogen and oxygen atoms in total. The molecule has 1 heterocycles. The van der Waals surface area contributed by atoms with Crippen molar-refractivity contribution in [3.63, 3.8) is 0 Å². The number of nitro benzene ring substituents is 1. The van der Waals surface area contributed by atoms with Gasteiger partial charge in [0.2, 0.25) is 0 Å². The molecular formula is C25H20N2O4. The number of carbonyl (C=O) groups is 1. The highest BCUT2D eigenvalue weighted by atomic mass is 16.6. The molecule has 2 bridgehead atoms. The van der Waals surface area contributed by atoms with E-state index in [2.05, 4.69) is 17.1 Å². The molecule has 2 aliphatic rings. The van der Waals surface area contributed by atoms with E-state index in [9.17, 15) is 14.9 Å². The zero-order chi connectivity index (χ0) is 21.8. The first kappa shape index (κ1) is 20.2. The van der Waals surface area contributed by atoms with Crippen LogP contribution < -0.4 is 0 Å². The summed E-state index contributed by atoms with van der Waals surface area (Å²) in [7, 11) is 0. The summed E-state index contributed by atoms with van der Waals surface area (Å²) < 4.78 is 5.18. The molecule has 0 spiro atoms. The van der Waals surface area contributed by atoms with E-state index in [0.717, 1.165) is 28.7 Å². The first-order valence-electron chi connectivity index (χ1n) is 9.94. The number of nitrogens with zero attached hydrogens (tertiary/aromatic N) is 2. The molecule has 0 amide bonds. The normalized spacial score (nSPS) is 14.4. The monoisotopic (exact) mass is 412 g/mol. The van der Waals surface area contributed by atoms with Gasteiger partial charge in [0.25, 0.3) is 5.69 Å². The van der Waals surface area contributed by atoms with Gasteiger partial charge in [-0.3, -0.25) is 10.1 Å². The molecular weight excluding hydrogens is 392 g/mol. The second kappa shape index (κ2) is 8.75. The number of non-ortho nitro benzene ring substituents is 1. The third-order valence-electron chi connectivity index (χ3n) is 5.03. The van der Waals surface area contributed by atoms with E-state index in [0.29, 0.717) is 5.69 Å². The van der Waals surface area contributed by atoms with E-state index in [1.165, 1.54) is 17.7 Å². The number of fused-ring (bicyclic) bond motifs is 4. The highest BCUT2D eigenvalue weighted by molar-refractivity contribution is 5.92. The summed E-state index contributed by atoms with van der Waals surface area (Å²) in [5.74, 6) is -0.468. The van der Waals surface area contributed by atoms with E-state index in [1.807, 2.05) is 36.5 Å². The van der Waals surface area contributed by atoms with Crippen molar-refractivity contribution < 1.29 is 14.5 Å². The number of benzene rings is 1. The summed E-state index contributed by atoms with van der Waals surface area (Å²) in [6, 6.07) is 8.05. The molecule has 0 saturated carbocycles. The van der Waals surface area contributed by atoms with Gasteiger partial charge >= 0.3 is 5.97 Å². The van der Waals surface area contributed by atoms with Gasteiger partial charge in [0, 0.05) is 17.7 Å². The van der Waals surface area contributed by atoms with Crippen LogP contribution in [-0.4, -0.2) is 22.5 Å². The molecule has 0 N–H and O–H groups in total. The number of esters is 1. The average molecular weight is 412 g/mol. The van der Waals surface area contributed by atoms with Crippen LogP contribution in [0.25, 0.3) is 23.8 Å². The van der Waals surface area contributed by atoms with Crippen molar-refractivity contribution >= 4 is 35.5 Å². The second-order valence-corrected chi connectivity index (χ2v) is 7.08. The molecule has 0 atom stereocenters. The molecule has 1 aromatic heterocycles. The van der Waals surface area contributed by atoms with Crippen LogP contribution in [0.3, 0.4) is 0 Å². The van der Waals surface area contributed by atoms with Gasteiger partial charge in [-0.05, 0) is 59.9 Å². The van der Waals surface area contributed by atoms with Gasteiger partial charge in [-0.2, -0.15) is 0 Å². The summed E-state index contributed by atoms with van der Waals surface area (Å²) in [5, 5.41) is 10.9. The van der Waals surface area contributed by atoms with Crippen molar-refractivity contribution in [1.82, 2.24) is 4.98 Å². The molecule has 0 aliphatic heterocycles. The lowest BCUT2D eigenvalue weighted by Gasteiger charge is -2.13.